The van der Waals surface area contributed by atoms with Crippen LogP contribution in [0, 0.1) is 13.8 Å². The van der Waals surface area contributed by atoms with E-state index in [1.807, 2.05) is 25.3 Å². The molecule has 0 radical (unpaired) electrons. The molecule has 0 saturated heterocycles. The lowest BCUT2D eigenvalue weighted by Crippen LogP contribution is -2.16. The van der Waals surface area contributed by atoms with Gasteiger partial charge in [0.25, 0.3) is 0 Å². The Morgan fingerprint density at radius 1 is 1.19 bits per heavy atom. The topological polar surface area (TPSA) is 78.5 Å². The third-order valence-electron chi connectivity index (χ3n) is 4.41. The number of esters is 1. The van der Waals surface area contributed by atoms with Gasteiger partial charge in [-0.1, -0.05) is 11.6 Å². The van der Waals surface area contributed by atoms with E-state index >= 15 is 0 Å². The molecule has 0 unspecified atom stereocenters. The molecule has 0 atom stereocenters. The van der Waals surface area contributed by atoms with E-state index in [1.165, 1.54) is 12.1 Å². The number of carbonyl (C=O) groups is 2. The first-order valence-corrected chi connectivity index (χ1v) is 8.80. The smallest absolute Gasteiger partial charge is 0.374 e. The molecule has 2 aromatic heterocycles. The number of aryl methyl sites for hydroxylation is 1. The van der Waals surface area contributed by atoms with E-state index < -0.39 is 18.0 Å². The Balaban J connectivity index is 1.78. The number of rotatable bonds is 5. The minimum atomic E-state index is -0.874. The summed E-state index contributed by atoms with van der Waals surface area (Å²) >= 11 is 5.86. The van der Waals surface area contributed by atoms with E-state index in [1.54, 1.807) is 12.1 Å². The Kier molecular flexibility index (Phi) is 5.19. The number of nitrogens with zero attached hydrogens (tertiary/aromatic N) is 1. The number of ether oxygens (including phenoxy) is 1. The molecule has 0 N–H and O–H groups in total. The van der Waals surface area contributed by atoms with Crippen LogP contribution < -0.4 is 5.43 Å². The molecule has 0 aliphatic rings. The van der Waals surface area contributed by atoms with Crippen LogP contribution in [-0.4, -0.2) is 22.9 Å². The molecule has 0 spiro atoms. The predicted molar refractivity (Wildman–Crippen MR) is 102 cm³/mol. The first-order chi connectivity index (χ1) is 12.8. The van der Waals surface area contributed by atoms with Crippen molar-refractivity contribution in [2.75, 3.05) is 6.61 Å². The number of Topliss-reactive ketones (excluding diaryl/α,β-unsaturated/α-hetero) is 1. The Labute approximate surface area is 160 Å². The Hall–Kier alpha value is -2.86. The highest BCUT2D eigenvalue weighted by atomic mass is 35.5. The van der Waals surface area contributed by atoms with Gasteiger partial charge in [-0.25, -0.2) is 4.79 Å². The fraction of sp³-hybridized carbons (Fsp3) is 0.250. The zero-order valence-electron chi connectivity index (χ0n) is 15.2. The van der Waals surface area contributed by atoms with Crippen LogP contribution >= 0.6 is 11.6 Å². The highest BCUT2D eigenvalue weighted by Crippen LogP contribution is 2.19. The molecule has 2 heterocycles. The average Bonchev–Trinajstić information content (AvgIpc) is 2.93. The molecular weight excluding hydrogens is 370 g/mol. The first kappa shape index (κ1) is 18.9. The van der Waals surface area contributed by atoms with Crippen LogP contribution in [0.15, 0.2) is 39.5 Å². The summed E-state index contributed by atoms with van der Waals surface area (Å²) in [6, 6.07) is 7.32. The van der Waals surface area contributed by atoms with Crippen molar-refractivity contribution in [3.05, 3.63) is 68.3 Å². The summed E-state index contributed by atoms with van der Waals surface area (Å²) in [6.07, 6.45) is 0. The van der Waals surface area contributed by atoms with Gasteiger partial charge in [-0.15, -0.1) is 0 Å². The van der Waals surface area contributed by atoms with Gasteiger partial charge in [-0.3, -0.25) is 9.59 Å². The zero-order chi connectivity index (χ0) is 19.7. The van der Waals surface area contributed by atoms with Crippen molar-refractivity contribution in [3.63, 3.8) is 0 Å². The number of ketones is 1. The molecule has 140 valence electrons. The van der Waals surface area contributed by atoms with Gasteiger partial charge in [0.2, 0.25) is 11.5 Å². The fourth-order valence-corrected chi connectivity index (χ4v) is 3.25. The largest absolute Gasteiger partial charge is 0.451 e. The van der Waals surface area contributed by atoms with Crippen molar-refractivity contribution in [2.24, 2.45) is 0 Å². The van der Waals surface area contributed by atoms with Crippen molar-refractivity contribution in [1.82, 2.24) is 4.57 Å². The van der Waals surface area contributed by atoms with Gasteiger partial charge >= 0.3 is 5.97 Å². The van der Waals surface area contributed by atoms with Gasteiger partial charge in [0.05, 0.1) is 5.39 Å². The van der Waals surface area contributed by atoms with Gasteiger partial charge in [0.15, 0.2) is 12.0 Å². The number of halogens is 1. The summed E-state index contributed by atoms with van der Waals surface area (Å²) in [5.41, 5.74) is 2.10. The molecule has 0 aliphatic heterocycles. The SMILES string of the molecule is CCn1c(C)cc(C(=O)COC(=O)c2cc(=O)c3cc(Cl)ccc3o2)c1C. The minimum absolute atomic E-state index is 0.219. The second-order valence-corrected chi connectivity index (χ2v) is 6.58. The normalized spacial score (nSPS) is 11.0. The zero-order valence-corrected chi connectivity index (χ0v) is 15.9. The van der Waals surface area contributed by atoms with Crippen molar-refractivity contribution in [2.45, 2.75) is 27.3 Å². The quantitative estimate of drug-likeness (QED) is 0.489. The van der Waals surface area contributed by atoms with Crippen LogP contribution in [0.4, 0.5) is 0 Å². The average molecular weight is 388 g/mol. The molecule has 7 heteroatoms. The van der Waals surface area contributed by atoms with E-state index in [-0.39, 0.29) is 22.5 Å². The Morgan fingerprint density at radius 3 is 2.59 bits per heavy atom. The van der Waals surface area contributed by atoms with Crippen LogP contribution in [0.3, 0.4) is 0 Å². The molecule has 0 bridgehead atoms. The van der Waals surface area contributed by atoms with Crippen LogP contribution in [0.25, 0.3) is 11.0 Å². The van der Waals surface area contributed by atoms with Gasteiger partial charge in [0, 0.05) is 34.6 Å². The summed E-state index contributed by atoms with van der Waals surface area (Å²) in [5, 5.41) is 0.655. The van der Waals surface area contributed by atoms with Gasteiger partial charge in [0.1, 0.15) is 5.58 Å². The number of aromatic nitrogens is 1. The first-order valence-electron chi connectivity index (χ1n) is 8.42. The van der Waals surface area contributed by atoms with Crippen molar-refractivity contribution >= 4 is 34.3 Å². The molecule has 0 amide bonds. The van der Waals surface area contributed by atoms with E-state index in [2.05, 4.69) is 0 Å². The van der Waals surface area contributed by atoms with Crippen LogP contribution in [0.2, 0.25) is 5.02 Å². The molecule has 1 aromatic carbocycles. The summed E-state index contributed by atoms with van der Waals surface area (Å²) in [6.45, 7) is 6.06. The third kappa shape index (κ3) is 3.66. The van der Waals surface area contributed by atoms with Crippen molar-refractivity contribution in [3.8, 4) is 0 Å². The van der Waals surface area contributed by atoms with Gasteiger partial charge in [-0.2, -0.15) is 0 Å². The predicted octanol–water partition coefficient (Wildman–Crippen LogP) is 3.92. The fourth-order valence-electron chi connectivity index (χ4n) is 3.08. The molecule has 3 rings (SSSR count). The Morgan fingerprint density at radius 2 is 1.93 bits per heavy atom. The van der Waals surface area contributed by atoms with E-state index in [0.29, 0.717) is 10.6 Å². The summed E-state index contributed by atoms with van der Waals surface area (Å²) in [5.74, 6) is -1.45. The van der Waals surface area contributed by atoms with E-state index in [9.17, 15) is 14.4 Å². The summed E-state index contributed by atoms with van der Waals surface area (Å²) < 4.78 is 12.5. The highest BCUT2D eigenvalue weighted by Gasteiger charge is 2.19. The van der Waals surface area contributed by atoms with Gasteiger partial charge in [-0.05, 0) is 45.0 Å². The maximum atomic E-state index is 12.4. The third-order valence-corrected chi connectivity index (χ3v) is 4.65. The molecular formula is C20H18ClNO5. The molecule has 0 fully saturated rings. The monoisotopic (exact) mass is 387 g/mol. The second-order valence-electron chi connectivity index (χ2n) is 6.14. The molecule has 0 saturated carbocycles. The lowest BCUT2D eigenvalue weighted by Gasteiger charge is -2.06. The highest BCUT2D eigenvalue weighted by molar-refractivity contribution is 6.31. The maximum Gasteiger partial charge on any atom is 0.374 e. The maximum absolute atomic E-state index is 12.4. The summed E-state index contributed by atoms with van der Waals surface area (Å²) in [7, 11) is 0. The van der Waals surface area contributed by atoms with Crippen LogP contribution in [-0.2, 0) is 11.3 Å². The molecule has 6 nitrogen and oxygen atoms in total. The second kappa shape index (κ2) is 7.40. The van der Waals surface area contributed by atoms with E-state index in [0.717, 1.165) is 24.0 Å². The molecule has 0 aliphatic carbocycles. The van der Waals surface area contributed by atoms with Crippen LogP contribution in [0.5, 0.6) is 0 Å². The Bertz CT molecular complexity index is 1110. The molecule has 27 heavy (non-hydrogen) atoms. The number of hydrogen-bond acceptors (Lipinski definition) is 5. The summed E-state index contributed by atoms with van der Waals surface area (Å²) in [4.78, 5) is 36.8. The molecule has 3 aromatic rings. The van der Waals surface area contributed by atoms with Crippen molar-refractivity contribution < 1.29 is 18.7 Å². The van der Waals surface area contributed by atoms with Crippen molar-refractivity contribution in [1.29, 1.82) is 0 Å². The lowest BCUT2D eigenvalue weighted by atomic mass is 10.1. The van der Waals surface area contributed by atoms with E-state index in [4.69, 9.17) is 20.8 Å². The lowest BCUT2D eigenvalue weighted by molar-refractivity contribution is 0.0444. The number of carbonyl (C=O) groups excluding carboxylic acids is 2. The minimum Gasteiger partial charge on any atom is -0.451 e. The van der Waals surface area contributed by atoms with Crippen LogP contribution in [0.1, 0.15) is 39.2 Å². The number of hydrogen-bond donors (Lipinski definition) is 0. The number of fused-ring (bicyclic) bond motifs is 1. The van der Waals surface area contributed by atoms with Gasteiger partial charge < -0.3 is 13.7 Å². The number of benzene rings is 1. The standard InChI is InChI=1S/C20H18ClNO5/c1-4-22-11(2)7-14(12(22)3)17(24)10-26-20(25)19-9-16(23)15-8-13(21)5-6-18(15)27-19/h5-9H,4,10H2,1-3H3.